The third kappa shape index (κ3) is 6.86. The molecule has 5 heteroatoms. The molecule has 1 aliphatic heterocycles. The van der Waals surface area contributed by atoms with Gasteiger partial charge in [0.05, 0.1) is 12.6 Å². The number of Topliss-reactive ketones (excluding diaryl/α,β-unsaturated/α-hetero) is 1. The van der Waals surface area contributed by atoms with Gasteiger partial charge in [0.25, 0.3) is 0 Å². The Kier molecular flexibility index (Phi) is 8.80. The van der Waals surface area contributed by atoms with Crippen molar-refractivity contribution in [1.29, 1.82) is 5.41 Å². The summed E-state index contributed by atoms with van der Waals surface area (Å²) in [7, 11) is 0. The average Bonchev–Trinajstić information content (AvgIpc) is 3.06. The Balaban J connectivity index is 1.92. The maximum Gasteiger partial charge on any atom is 0.182 e. The van der Waals surface area contributed by atoms with E-state index in [2.05, 4.69) is 13.0 Å². The van der Waals surface area contributed by atoms with Crippen molar-refractivity contribution in [2.24, 2.45) is 5.92 Å². The minimum absolute atomic E-state index is 0.0328. The van der Waals surface area contributed by atoms with Crippen LogP contribution in [0.25, 0.3) is 6.08 Å². The van der Waals surface area contributed by atoms with E-state index in [1.807, 2.05) is 96.7 Å². The number of likely N-dealkylation sites (tertiary alicyclic amines) is 1. The van der Waals surface area contributed by atoms with Crippen molar-refractivity contribution in [3.05, 3.63) is 64.2 Å². The summed E-state index contributed by atoms with van der Waals surface area (Å²) in [5, 5.41) is 20.1. The normalized spacial score (nSPS) is 17.5. The molecule has 2 N–H and O–H groups in total. The molecular weight excluding hydrogens is 472 g/mol. The number of carbonyl (C=O) groups excluding carboxylic acids is 1. The molecule has 1 heterocycles. The van der Waals surface area contributed by atoms with Crippen molar-refractivity contribution >= 4 is 17.7 Å². The third-order valence-electron chi connectivity index (χ3n) is 7.04. The quantitative estimate of drug-likeness (QED) is 0.350. The molecule has 1 saturated heterocycles. The van der Waals surface area contributed by atoms with E-state index >= 15 is 0 Å². The Morgan fingerprint density at radius 1 is 1.11 bits per heavy atom. The summed E-state index contributed by atoms with van der Waals surface area (Å²) < 4.78 is 5.86. The van der Waals surface area contributed by atoms with Crippen molar-refractivity contribution in [2.45, 2.75) is 92.1 Å². The van der Waals surface area contributed by atoms with Gasteiger partial charge in [-0.1, -0.05) is 67.0 Å². The number of phenols is 1. The minimum atomic E-state index is -0.309. The van der Waals surface area contributed by atoms with Crippen LogP contribution in [0.1, 0.15) is 102 Å². The van der Waals surface area contributed by atoms with Crippen molar-refractivity contribution < 1.29 is 14.6 Å². The first kappa shape index (κ1) is 29.5. The molecule has 0 amide bonds. The smallest absolute Gasteiger partial charge is 0.182 e. The maximum atomic E-state index is 13.6. The minimum Gasteiger partial charge on any atom is -0.507 e. The van der Waals surface area contributed by atoms with Crippen LogP contribution >= 0.6 is 0 Å². The Labute approximate surface area is 229 Å². The molecule has 0 spiro atoms. The number of phenolic OH excluding ortho intramolecular Hbond substituents is 1. The van der Waals surface area contributed by atoms with E-state index in [9.17, 15) is 9.90 Å². The summed E-state index contributed by atoms with van der Waals surface area (Å²) in [5.41, 5.74) is 3.50. The van der Waals surface area contributed by atoms with Gasteiger partial charge in [-0.15, -0.1) is 0 Å². The lowest BCUT2D eigenvalue weighted by Gasteiger charge is -2.28. The highest BCUT2D eigenvalue weighted by Crippen LogP contribution is 2.40. The lowest BCUT2D eigenvalue weighted by molar-refractivity contribution is 0.0963. The van der Waals surface area contributed by atoms with E-state index in [-0.39, 0.29) is 40.9 Å². The summed E-state index contributed by atoms with van der Waals surface area (Å²) in [6, 6.07) is 11.6. The molecule has 0 saturated carbocycles. The molecule has 2 aromatic rings. The highest BCUT2D eigenvalue weighted by Gasteiger charge is 2.34. The molecule has 2 aromatic carbocycles. The molecule has 38 heavy (non-hydrogen) atoms. The number of benzene rings is 2. The van der Waals surface area contributed by atoms with Gasteiger partial charge in [-0.2, -0.15) is 0 Å². The zero-order valence-corrected chi connectivity index (χ0v) is 24.7. The van der Waals surface area contributed by atoms with Gasteiger partial charge in [-0.25, -0.2) is 0 Å². The Hall–Kier alpha value is -3.08. The Morgan fingerprint density at radius 2 is 1.71 bits per heavy atom. The van der Waals surface area contributed by atoms with Crippen LogP contribution in [0, 0.1) is 11.3 Å². The number of carbonyl (C=O) groups is 1. The molecular formula is C33H46N2O3. The summed E-state index contributed by atoms with van der Waals surface area (Å²) in [5.74, 6) is 1.67. The highest BCUT2D eigenvalue weighted by molar-refractivity contribution is 6.06. The van der Waals surface area contributed by atoms with Gasteiger partial charge in [-0.05, 0) is 72.6 Å². The molecule has 1 atom stereocenters. The van der Waals surface area contributed by atoms with E-state index in [1.54, 1.807) is 0 Å². The molecule has 0 radical (unpaired) electrons. The molecule has 0 bridgehead atoms. The first-order valence-electron chi connectivity index (χ1n) is 13.8. The SMILES string of the molecule is CCCC1CN(CC(=O)c2cc(C(C)(C)C)c(O)c(C(C)(C)C)c2)C(=N)/C1=C/c1cccc(OC(C)C)c1. The van der Waals surface area contributed by atoms with Crippen LogP contribution in [-0.2, 0) is 10.8 Å². The van der Waals surface area contributed by atoms with Gasteiger partial charge >= 0.3 is 0 Å². The number of hydrogen-bond acceptors (Lipinski definition) is 4. The fourth-order valence-electron chi connectivity index (χ4n) is 5.09. The molecule has 206 valence electrons. The average molecular weight is 519 g/mol. The van der Waals surface area contributed by atoms with Gasteiger partial charge in [0.15, 0.2) is 5.78 Å². The van der Waals surface area contributed by atoms with E-state index in [0.717, 1.165) is 40.9 Å². The van der Waals surface area contributed by atoms with Crippen molar-refractivity contribution in [2.75, 3.05) is 13.1 Å². The number of amidine groups is 1. The van der Waals surface area contributed by atoms with Gasteiger partial charge in [0, 0.05) is 29.2 Å². The maximum absolute atomic E-state index is 13.6. The fourth-order valence-corrected chi connectivity index (χ4v) is 5.09. The third-order valence-corrected chi connectivity index (χ3v) is 7.04. The second kappa shape index (κ2) is 11.3. The summed E-state index contributed by atoms with van der Waals surface area (Å²) in [4.78, 5) is 15.5. The van der Waals surface area contributed by atoms with Crippen LogP contribution in [-0.4, -0.2) is 40.8 Å². The zero-order chi connectivity index (χ0) is 28.4. The van der Waals surface area contributed by atoms with Crippen molar-refractivity contribution in [3.8, 4) is 11.5 Å². The number of ketones is 1. The number of nitrogens with zero attached hydrogens (tertiary/aromatic N) is 1. The van der Waals surface area contributed by atoms with Crippen LogP contribution in [0.3, 0.4) is 0 Å². The topological polar surface area (TPSA) is 73.6 Å². The lowest BCUT2D eigenvalue weighted by atomic mass is 9.78. The van der Waals surface area contributed by atoms with Gasteiger partial charge in [0.1, 0.15) is 17.3 Å². The van der Waals surface area contributed by atoms with Gasteiger partial charge < -0.3 is 14.7 Å². The van der Waals surface area contributed by atoms with E-state index < -0.39 is 0 Å². The van der Waals surface area contributed by atoms with E-state index in [4.69, 9.17) is 10.1 Å². The van der Waals surface area contributed by atoms with E-state index in [0.29, 0.717) is 17.9 Å². The van der Waals surface area contributed by atoms with Crippen molar-refractivity contribution in [3.63, 3.8) is 0 Å². The number of hydrogen-bond donors (Lipinski definition) is 2. The molecule has 0 aromatic heterocycles. The monoisotopic (exact) mass is 518 g/mol. The van der Waals surface area contributed by atoms with Crippen LogP contribution < -0.4 is 4.74 Å². The zero-order valence-electron chi connectivity index (χ0n) is 24.7. The van der Waals surface area contributed by atoms with Gasteiger partial charge in [0.2, 0.25) is 0 Å². The van der Waals surface area contributed by atoms with Crippen LogP contribution in [0.2, 0.25) is 0 Å². The summed E-state index contributed by atoms with van der Waals surface area (Å²) in [6.45, 7) is 19.3. The molecule has 1 unspecified atom stereocenters. The predicted octanol–water partition coefficient (Wildman–Crippen LogP) is 7.75. The molecule has 5 nitrogen and oxygen atoms in total. The fraction of sp³-hybridized carbons (Fsp3) is 0.515. The van der Waals surface area contributed by atoms with E-state index in [1.165, 1.54) is 0 Å². The Morgan fingerprint density at radius 3 is 2.24 bits per heavy atom. The van der Waals surface area contributed by atoms with Crippen LogP contribution in [0.5, 0.6) is 11.5 Å². The van der Waals surface area contributed by atoms with Crippen LogP contribution in [0.4, 0.5) is 0 Å². The first-order chi connectivity index (χ1) is 17.6. The number of rotatable bonds is 8. The summed E-state index contributed by atoms with van der Waals surface area (Å²) in [6.07, 6.45) is 4.14. The Bertz CT molecular complexity index is 1180. The number of nitrogens with one attached hydrogen (secondary N) is 1. The summed E-state index contributed by atoms with van der Waals surface area (Å²) >= 11 is 0. The first-order valence-corrected chi connectivity index (χ1v) is 13.8. The largest absolute Gasteiger partial charge is 0.507 e. The standard InChI is InChI=1S/C33H46N2O3/c1-10-12-23-19-35(31(34)26(23)16-22-13-11-14-25(15-22)38-21(2)3)20-29(36)24-17-27(32(4,5)6)30(37)28(18-24)33(7,8)9/h11,13-18,21,23,34,37H,10,12,19-20H2,1-9H3/b26-16+,34-31?. The lowest BCUT2D eigenvalue weighted by Crippen LogP contribution is -2.31. The molecule has 0 aliphatic carbocycles. The predicted molar refractivity (Wildman–Crippen MR) is 158 cm³/mol. The van der Waals surface area contributed by atoms with Crippen LogP contribution in [0.15, 0.2) is 42.0 Å². The van der Waals surface area contributed by atoms with Crippen molar-refractivity contribution in [1.82, 2.24) is 4.90 Å². The second-order valence-electron chi connectivity index (χ2n) is 12.9. The highest BCUT2D eigenvalue weighted by atomic mass is 16.5. The molecule has 1 fully saturated rings. The number of aromatic hydroxyl groups is 1. The number of ether oxygens (including phenoxy) is 1. The van der Waals surface area contributed by atoms with Gasteiger partial charge in [-0.3, -0.25) is 10.2 Å². The molecule has 1 aliphatic rings. The second-order valence-corrected chi connectivity index (χ2v) is 12.9. The molecule has 3 rings (SSSR count).